The van der Waals surface area contributed by atoms with Crippen molar-refractivity contribution in [1.82, 2.24) is 0 Å². The van der Waals surface area contributed by atoms with E-state index >= 15 is 8.78 Å². The zero-order valence-electron chi connectivity index (χ0n) is 17.2. The Labute approximate surface area is 173 Å². The van der Waals surface area contributed by atoms with Crippen LogP contribution in [0.25, 0.3) is 0 Å². The van der Waals surface area contributed by atoms with Crippen LogP contribution >= 0.6 is 0 Å². The van der Waals surface area contributed by atoms with Crippen molar-refractivity contribution in [2.24, 2.45) is 28.6 Å². The van der Waals surface area contributed by atoms with Crippen molar-refractivity contribution in [2.45, 2.75) is 63.5 Å². The Balaban J connectivity index is 1.92. The Hall–Kier alpha value is -1.48. The quantitative estimate of drug-likeness (QED) is 0.527. The highest BCUT2D eigenvalue weighted by Crippen LogP contribution is 2.70. The predicted octanol–water partition coefficient (Wildman–Crippen LogP) is 1.16. The normalized spacial score (nSPS) is 52.7. The van der Waals surface area contributed by atoms with E-state index in [9.17, 15) is 30.0 Å². The van der Waals surface area contributed by atoms with Gasteiger partial charge in [0, 0.05) is 28.2 Å². The van der Waals surface area contributed by atoms with Crippen LogP contribution in [-0.4, -0.2) is 62.1 Å². The lowest BCUT2D eigenvalue weighted by Crippen LogP contribution is -2.70. The summed E-state index contributed by atoms with van der Waals surface area (Å²) in [6.45, 7) is 3.58. The third kappa shape index (κ3) is 2.20. The number of halogens is 2. The van der Waals surface area contributed by atoms with Crippen molar-refractivity contribution in [3.05, 3.63) is 23.6 Å². The molecule has 4 aliphatic carbocycles. The maximum Gasteiger partial charge on any atom is 0.192 e. The number of Topliss-reactive ketones (excluding diaryl/α,β-unsaturated/α-hetero) is 1. The molecule has 3 unspecified atom stereocenters. The molecule has 8 heteroatoms. The molecule has 0 aromatic heterocycles. The van der Waals surface area contributed by atoms with Crippen LogP contribution in [0.5, 0.6) is 0 Å². The van der Waals surface area contributed by atoms with Gasteiger partial charge in [0.2, 0.25) is 0 Å². The first-order chi connectivity index (χ1) is 13.8. The average Bonchev–Trinajstić information content (AvgIpc) is 2.87. The van der Waals surface area contributed by atoms with Gasteiger partial charge in [-0.05, 0) is 37.3 Å². The summed E-state index contributed by atoms with van der Waals surface area (Å²) in [6.07, 6.45) is -1.66. The second kappa shape index (κ2) is 6.28. The molecule has 9 atom stereocenters. The summed E-state index contributed by atoms with van der Waals surface area (Å²) in [5.74, 6) is -4.72. The number of fused-ring (bicyclic) bond motifs is 5. The van der Waals surface area contributed by atoms with Crippen molar-refractivity contribution < 1.29 is 38.8 Å². The van der Waals surface area contributed by atoms with E-state index < -0.39 is 70.3 Å². The molecule has 0 aliphatic heterocycles. The third-order valence-electron chi connectivity index (χ3n) is 8.75. The van der Waals surface area contributed by atoms with Gasteiger partial charge in [-0.1, -0.05) is 20.8 Å². The lowest BCUT2D eigenvalue weighted by atomic mass is 9.44. The standard InChI is InChI=1S/C22H28F2O6/c1-10-7-19(2)13(5-15(10)26)14(23)4-12-11-6-16(27)22(30,18(29)9-25)20(11,3)8-17(28)21(12,19)24/h4-5,10-12,16-17,25,27-28,30H,6-9H2,1-3H3/t10?,11-,12-,16?,17?,19-,20-,21-,22-/m0/s1. The van der Waals surface area contributed by atoms with E-state index in [-0.39, 0.29) is 30.6 Å². The zero-order chi connectivity index (χ0) is 22.4. The van der Waals surface area contributed by atoms with Crippen LogP contribution in [0, 0.1) is 28.6 Å². The SMILES string of the molecule is CC1C[C@@]2(C)C(=CC1=O)C(F)=C[C@H]1[C@@H]3CC(O)[C@](O)(C(=O)CO)[C@@]3(C)CC(O)[C@@]12F. The number of aliphatic hydroxyl groups excluding tert-OH is 3. The third-order valence-corrected chi connectivity index (χ3v) is 8.75. The number of hydrogen-bond acceptors (Lipinski definition) is 6. The molecule has 166 valence electrons. The van der Waals surface area contributed by atoms with Gasteiger partial charge >= 0.3 is 0 Å². The molecule has 2 fully saturated rings. The molecule has 30 heavy (non-hydrogen) atoms. The summed E-state index contributed by atoms with van der Waals surface area (Å²) in [4.78, 5) is 24.6. The molecular formula is C22H28F2O6. The smallest absolute Gasteiger partial charge is 0.192 e. The molecule has 6 nitrogen and oxygen atoms in total. The number of aliphatic hydroxyl groups is 4. The Bertz CT molecular complexity index is 885. The van der Waals surface area contributed by atoms with Crippen molar-refractivity contribution in [2.75, 3.05) is 6.61 Å². The average molecular weight is 426 g/mol. The molecule has 0 heterocycles. The second-order valence-corrected chi connectivity index (χ2v) is 10.0. The van der Waals surface area contributed by atoms with Gasteiger partial charge in [-0.15, -0.1) is 0 Å². The molecule has 0 aromatic rings. The van der Waals surface area contributed by atoms with Gasteiger partial charge in [0.25, 0.3) is 0 Å². The Morgan fingerprint density at radius 2 is 1.87 bits per heavy atom. The number of hydrogen-bond donors (Lipinski definition) is 4. The fourth-order valence-corrected chi connectivity index (χ4v) is 7.06. The summed E-state index contributed by atoms with van der Waals surface area (Å²) in [7, 11) is 0. The second-order valence-electron chi connectivity index (χ2n) is 10.0. The number of carbonyl (C=O) groups excluding carboxylic acids is 2. The monoisotopic (exact) mass is 426 g/mol. The van der Waals surface area contributed by atoms with E-state index in [1.807, 2.05) is 0 Å². The first-order valence-corrected chi connectivity index (χ1v) is 10.3. The molecule has 0 saturated heterocycles. The topological polar surface area (TPSA) is 115 Å². The predicted molar refractivity (Wildman–Crippen MR) is 101 cm³/mol. The lowest BCUT2D eigenvalue weighted by Gasteiger charge is -2.62. The van der Waals surface area contributed by atoms with Crippen molar-refractivity contribution >= 4 is 11.6 Å². The van der Waals surface area contributed by atoms with Crippen LogP contribution in [0.4, 0.5) is 8.78 Å². The highest BCUT2D eigenvalue weighted by atomic mass is 19.1. The maximum absolute atomic E-state index is 17.0. The first-order valence-electron chi connectivity index (χ1n) is 10.3. The summed E-state index contributed by atoms with van der Waals surface area (Å²) in [5, 5.41) is 42.2. The summed E-state index contributed by atoms with van der Waals surface area (Å²) >= 11 is 0. The minimum atomic E-state index is -2.38. The molecule has 4 aliphatic rings. The van der Waals surface area contributed by atoms with E-state index in [4.69, 9.17) is 0 Å². The summed E-state index contributed by atoms with van der Waals surface area (Å²) in [5.41, 5.74) is -7.78. The number of ketones is 2. The van der Waals surface area contributed by atoms with Gasteiger partial charge in [0.15, 0.2) is 22.8 Å². The summed E-state index contributed by atoms with van der Waals surface area (Å²) < 4.78 is 32.2. The minimum Gasteiger partial charge on any atom is -0.390 e. The molecule has 4 rings (SSSR count). The van der Waals surface area contributed by atoms with Crippen molar-refractivity contribution in [1.29, 1.82) is 0 Å². The van der Waals surface area contributed by atoms with E-state index in [0.29, 0.717) is 0 Å². The number of rotatable bonds is 2. The number of allylic oxidation sites excluding steroid dienone is 4. The van der Waals surface area contributed by atoms with Gasteiger partial charge in [-0.3, -0.25) is 9.59 Å². The van der Waals surface area contributed by atoms with Gasteiger partial charge < -0.3 is 20.4 Å². The van der Waals surface area contributed by atoms with Crippen LogP contribution in [0.2, 0.25) is 0 Å². The fourth-order valence-electron chi connectivity index (χ4n) is 7.06. The lowest BCUT2D eigenvalue weighted by molar-refractivity contribution is -0.218. The highest BCUT2D eigenvalue weighted by Gasteiger charge is 2.76. The van der Waals surface area contributed by atoms with Gasteiger partial charge in [0.05, 0.1) is 12.2 Å². The van der Waals surface area contributed by atoms with E-state index in [1.165, 1.54) is 13.8 Å². The molecule has 2 saturated carbocycles. The molecule has 4 N–H and O–H groups in total. The Morgan fingerprint density at radius 3 is 2.47 bits per heavy atom. The molecule has 0 aromatic carbocycles. The van der Waals surface area contributed by atoms with E-state index in [0.717, 1.165) is 12.2 Å². The zero-order valence-corrected chi connectivity index (χ0v) is 17.2. The van der Waals surface area contributed by atoms with Crippen molar-refractivity contribution in [3.8, 4) is 0 Å². The van der Waals surface area contributed by atoms with Crippen LogP contribution in [0.1, 0.15) is 40.0 Å². The van der Waals surface area contributed by atoms with Gasteiger partial charge in [-0.25, -0.2) is 8.78 Å². The van der Waals surface area contributed by atoms with Crippen molar-refractivity contribution in [3.63, 3.8) is 0 Å². The van der Waals surface area contributed by atoms with Gasteiger partial charge in [-0.2, -0.15) is 0 Å². The van der Waals surface area contributed by atoms with Crippen LogP contribution < -0.4 is 0 Å². The molecule has 0 radical (unpaired) electrons. The molecular weight excluding hydrogens is 398 g/mol. The van der Waals surface area contributed by atoms with E-state index in [2.05, 4.69) is 0 Å². The maximum atomic E-state index is 17.0. The number of alkyl halides is 1. The number of carbonyl (C=O) groups is 2. The van der Waals surface area contributed by atoms with Crippen LogP contribution in [0.3, 0.4) is 0 Å². The summed E-state index contributed by atoms with van der Waals surface area (Å²) in [6, 6.07) is 0. The molecule has 0 spiro atoms. The van der Waals surface area contributed by atoms with E-state index in [1.54, 1.807) is 6.92 Å². The largest absolute Gasteiger partial charge is 0.390 e. The fraction of sp³-hybridized carbons (Fsp3) is 0.727. The highest BCUT2D eigenvalue weighted by molar-refractivity contribution is 5.94. The Morgan fingerprint density at radius 1 is 1.23 bits per heavy atom. The van der Waals surface area contributed by atoms with Gasteiger partial charge in [0.1, 0.15) is 12.4 Å². The molecule has 0 bridgehead atoms. The molecule has 0 amide bonds. The minimum absolute atomic E-state index is 0.00874. The van der Waals surface area contributed by atoms with Crippen LogP contribution in [0.15, 0.2) is 23.6 Å². The first kappa shape index (κ1) is 21.7. The Kier molecular flexibility index (Phi) is 4.55. The van der Waals surface area contributed by atoms with Crippen LogP contribution in [-0.2, 0) is 9.59 Å².